The molecule has 0 aliphatic carbocycles. The van der Waals surface area contributed by atoms with Crippen LogP contribution in [-0.2, 0) is 4.79 Å². The molecule has 4 rings (SSSR count). The smallest absolute Gasteiger partial charge is 0.221 e. The molecule has 0 saturated carbocycles. The van der Waals surface area contributed by atoms with Gasteiger partial charge in [0.15, 0.2) is 5.82 Å². The molecule has 0 spiro atoms. The van der Waals surface area contributed by atoms with E-state index in [1.54, 1.807) is 7.11 Å². The van der Waals surface area contributed by atoms with Gasteiger partial charge in [-0.05, 0) is 48.5 Å². The van der Waals surface area contributed by atoms with Gasteiger partial charge < -0.3 is 15.4 Å². The summed E-state index contributed by atoms with van der Waals surface area (Å²) in [4.78, 5) is 21.1. The van der Waals surface area contributed by atoms with Crippen LogP contribution in [0.4, 0.5) is 17.2 Å². The van der Waals surface area contributed by atoms with Crippen LogP contribution >= 0.6 is 0 Å². The third-order valence-corrected chi connectivity index (χ3v) is 4.43. The number of benzene rings is 3. The van der Waals surface area contributed by atoms with Gasteiger partial charge in [-0.2, -0.15) is 0 Å². The second kappa shape index (κ2) is 7.98. The number of carbonyl (C=O) groups is 1. The zero-order valence-electron chi connectivity index (χ0n) is 16.1. The average molecular weight is 384 g/mol. The highest BCUT2D eigenvalue weighted by Crippen LogP contribution is 2.31. The summed E-state index contributed by atoms with van der Waals surface area (Å²) in [6, 6.07) is 23.0. The normalized spacial score (nSPS) is 10.6. The van der Waals surface area contributed by atoms with E-state index in [1.807, 2.05) is 72.8 Å². The SMILES string of the molecule is COc1ccc(Nc2nc(-c3ccccc3NC(C)=O)nc3ccccc23)cc1. The zero-order valence-corrected chi connectivity index (χ0v) is 16.1. The topological polar surface area (TPSA) is 76.1 Å². The van der Waals surface area contributed by atoms with Crippen LogP contribution in [0.25, 0.3) is 22.3 Å². The lowest BCUT2D eigenvalue weighted by Crippen LogP contribution is -2.08. The van der Waals surface area contributed by atoms with Crippen molar-refractivity contribution in [2.24, 2.45) is 0 Å². The van der Waals surface area contributed by atoms with Gasteiger partial charge in [-0.25, -0.2) is 9.97 Å². The maximum atomic E-state index is 11.6. The van der Waals surface area contributed by atoms with Gasteiger partial charge in [-0.3, -0.25) is 4.79 Å². The van der Waals surface area contributed by atoms with E-state index >= 15 is 0 Å². The lowest BCUT2D eigenvalue weighted by atomic mass is 10.1. The lowest BCUT2D eigenvalue weighted by Gasteiger charge is -2.13. The van der Waals surface area contributed by atoms with Crippen LogP contribution in [0.1, 0.15) is 6.92 Å². The lowest BCUT2D eigenvalue weighted by molar-refractivity contribution is -0.114. The third kappa shape index (κ3) is 4.01. The van der Waals surface area contributed by atoms with E-state index in [2.05, 4.69) is 10.6 Å². The molecule has 1 amide bonds. The first-order valence-electron chi connectivity index (χ1n) is 9.19. The molecule has 0 aliphatic heterocycles. The molecule has 0 radical (unpaired) electrons. The van der Waals surface area contributed by atoms with E-state index < -0.39 is 0 Å². The Kier molecular flexibility index (Phi) is 5.07. The first kappa shape index (κ1) is 18.4. The minimum atomic E-state index is -0.144. The Morgan fingerprint density at radius 1 is 0.897 bits per heavy atom. The molecule has 144 valence electrons. The Bertz CT molecular complexity index is 1170. The number of fused-ring (bicyclic) bond motifs is 1. The van der Waals surface area contributed by atoms with E-state index in [0.717, 1.165) is 27.9 Å². The van der Waals surface area contributed by atoms with Gasteiger partial charge in [-0.1, -0.05) is 24.3 Å². The van der Waals surface area contributed by atoms with Gasteiger partial charge >= 0.3 is 0 Å². The fraction of sp³-hybridized carbons (Fsp3) is 0.0870. The summed E-state index contributed by atoms with van der Waals surface area (Å²) >= 11 is 0. The highest BCUT2D eigenvalue weighted by Gasteiger charge is 2.13. The molecule has 6 nitrogen and oxygen atoms in total. The molecule has 6 heteroatoms. The van der Waals surface area contributed by atoms with E-state index in [-0.39, 0.29) is 5.91 Å². The van der Waals surface area contributed by atoms with Gasteiger partial charge in [0.25, 0.3) is 0 Å². The van der Waals surface area contributed by atoms with Crippen LogP contribution in [-0.4, -0.2) is 23.0 Å². The Labute approximate surface area is 168 Å². The number of para-hydroxylation sites is 2. The van der Waals surface area contributed by atoms with Crippen LogP contribution in [0.3, 0.4) is 0 Å². The minimum Gasteiger partial charge on any atom is -0.497 e. The minimum absolute atomic E-state index is 0.144. The molecule has 1 heterocycles. The third-order valence-electron chi connectivity index (χ3n) is 4.43. The van der Waals surface area contributed by atoms with Crippen LogP contribution in [0.2, 0.25) is 0 Å². The second-order valence-corrected chi connectivity index (χ2v) is 6.49. The van der Waals surface area contributed by atoms with Gasteiger partial charge in [-0.15, -0.1) is 0 Å². The number of nitrogens with zero attached hydrogens (tertiary/aromatic N) is 2. The van der Waals surface area contributed by atoms with Crippen molar-refractivity contribution in [2.75, 3.05) is 17.7 Å². The Morgan fingerprint density at radius 2 is 1.62 bits per heavy atom. The quantitative estimate of drug-likeness (QED) is 0.506. The summed E-state index contributed by atoms with van der Waals surface area (Å²) < 4.78 is 5.22. The Morgan fingerprint density at radius 3 is 2.38 bits per heavy atom. The number of nitrogens with one attached hydrogen (secondary N) is 2. The molecule has 0 aliphatic rings. The molecule has 3 aromatic carbocycles. The maximum absolute atomic E-state index is 11.6. The molecule has 0 atom stereocenters. The van der Waals surface area contributed by atoms with Crippen molar-refractivity contribution >= 4 is 34.0 Å². The fourth-order valence-electron chi connectivity index (χ4n) is 3.08. The molecule has 2 N–H and O–H groups in total. The molecule has 0 saturated heterocycles. The van der Waals surface area contributed by atoms with Crippen LogP contribution in [0.5, 0.6) is 5.75 Å². The van der Waals surface area contributed by atoms with Crippen molar-refractivity contribution in [3.8, 4) is 17.1 Å². The Hall–Kier alpha value is -3.93. The van der Waals surface area contributed by atoms with Crippen LogP contribution in [0, 0.1) is 0 Å². The van der Waals surface area contributed by atoms with Crippen LogP contribution < -0.4 is 15.4 Å². The van der Waals surface area contributed by atoms with E-state index in [0.29, 0.717) is 17.3 Å². The molecular formula is C23H20N4O2. The van der Waals surface area contributed by atoms with Crippen molar-refractivity contribution in [1.29, 1.82) is 0 Å². The fourth-order valence-corrected chi connectivity index (χ4v) is 3.08. The molecule has 4 aromatic rings. The number of amides is 1. The average Bonchev–Trinajstić information content (AvgIpc) is 2.74. The zero-order chi connectivity index (χ0) is 20.2. The van der Waals surface area contributed by atoms with Gasteiger partial charge in [0.1, 0.15) is 11.6 Å². The largest absolute Gasteiger partial charge is 0.497 e. The highest BCUT2D eigenvalue weighted by molar-refractivity contribution is 5.96. The van der Waals surface area contributed by atoms with E-state index in [1.165, 1.54) is 6.92 Å². The number of aromatic nitrogens is 2. The molecule has 0 unspecified atom stereocenters. The number of hydrogen-bond acceptors (Lipinski definition) is 5. The molecule has 29 heavy (non-hydrogen) atoms. The summed E-state index contributed by atoms with van der Waals surface area (Å²) in [5.74, 6) is 1.86. The van der Waals surface area contributed by atoms with Crippen molar-refractivity contribution in [1.82, 2.24) is 9.97 Å². The molecule has 0 bridgehead atoms. The summed E-state index contributed by atoms with van der Waals surface area (Å²) in [5.41, 5.74) is 3.12. The Balaban J connectivity index is 1.82. The first-order chi connectivity index (χ1) is 14.1. The predicted molar refractivity (Wildman–Crippen MR) is 116 cm³/mol. The van der Waals surface area contributed by atoms with Gasteiger partial charge in [0.2, 0.25) is 5.91 Å². The number of methoxy groups -OCH3 is 1. The number of rotatable bonds is 5. The van der Waals surface area contributed by atoms with Crippen molar-refractivity contribution in [2.45, 2.75) is 6.92 Å². The first-order valence-corrected chi connectivity index (χ1v) is 9.19. The van der Waals surface area contributed by atoms with Crippen molar-refractivity contribution < 1.29 is 9.53 Å². The standard InChI is InChI=1S/C23H20N4O2/c1-15(28)24-20-9-5-3-7-18(20)23-26-21-10-6-4-8-19(21)22(27-23)25-16-11-13-17(29-2)14-12-16/h3-14H,1-2H3,(H,24,28)(H,25,26,27). The summed E-state index contributed by atoms with van der Waals surface area (Å²) in [7, 11) is 1.64. The van der Waals surface area contributed by atoms with Gasteiger partial charge in [0.05, 0.1) is 18.3 Å². The second-order valence-electron chi connectivity index (χ2n) is 6.49. The summed E-state index contributed by atoms with van der Waals surface area (Å²) in [5, 5.41) is 7.13. The predicted octanol–water partition coefficient (Wildman–Crippen LogP) is 5.01. The van der Waals surface area contributed by atoms with Crippen molar-refractivity contribution in [3.05, 3.63) is 72.8 Å². The molecule has 0 fully saturated rings. The van der Waals surface area contributed by atoms with Crippen LogP contribution in [0.15, 0.2) is 72.8 Å². The number of ether oxygens (including phenoxy) is 1. The summed E-state index contributed by atoms with van der Waals surface area (Å²) in [6.45, 7) is 1.48. The van der Waals surface area contributed by atoms with Gasteiger partial charge in [0, 0.05) is 23.6 Å². The van der Waals surface area contributed by atoms with Crippen molar-refractivity contribution in [3.63, 3.8) is 0 Å². The number of anilines is 3. The number of carbonyl (C=O) groups excluding carboxylic acids is 1. The molecular weight excluding hydrogens is 364 g/mol. The highest BCUT2D eigenvalue weighted by atomic mass is 16.5. The monoisotopic (exact) mass is 384 g/mol. The number of hydrogen-bond donors (Lipinski definition) is 2. The maximum Gasteiger partial charge on any atom is 0.221 e. The molecule has 1 aromatic heterocycles. The van der Waals surface area contributed by atoms with E-state index in [9.17, 15) is 4.79 Å². The van der Waals surface area contributed by atoms with E-state index in [4.69, 9.17) is 14.7 Å². The summed E-state index contributed by atoms with van der Waals surface area (Å²) in [6.07, 6.45) is 0.